The lowest BCUT2D eigenvalue weighted by atomic mass is 9.43. The maximum atomic E-state index is 12.2. The van der Waals surface area contributed by atoms with E-state index in [9.17, 15) is 15.0 Å². The summed E-state index contributed by atoms with van der Waals surface area (Å²) >= 11 is 0. The Balaban J connectivity index is 1.46. The fourth-order valence-corrected chi connectivity index (χ4v) is 8.76. The standard InChI is InChI=1S/C24H36O4/c1-14-17(13-28-21(14)26)18-8-11-24(27)20-5-4-15-12-16(25)6-9-22(15,2)19(20)7-10-23(18,24)3/h15-20,25,27H,1,4-13H2,2-3H3/t15-,16+,17?,18-,19+,20-,22+,23-,24?/m1/s1. The van der Waals surface area contributed by atoms with E-state index in [-0.39, 0.29) is 34.7 Å². The second kappa shape index (κ2) is 6.07. The van der Waals surface area contributed by atoms with Gasteiger partial charge in [-0.1, -0.05) is 20.4 Å². The van der Waals surface area contributed by atoms with Crippen molar-refractivity contribution >= 4 is 5.97 Å². The molecular weight excluding hydrogens is 352 g/mol. The van der Waals surface area contributed by atoms with Gasteiger partial charge in [0, 0.05) is 16.9 Å². The summed E-state index contributed by atoms with van der Waals surface area (Å²) in [6.07, 6.45) is 9.04. The van der Waals surface area contributed by atoms with Crippen LogP contribution in [0.5, 0.6) is 0 Å². The van der Waals surface area contributed by atoms with Gasteiger partial charge in [-0.2, -0.15) is 0 Å². The van der Waals surface area contributed by atoms with Crippen LogP contribution in [-0.4, -0.2) is 34.5 Å². The van der Waals surface area contributed by atoms with E-state index in [1.807, 2.05) is 0 Å². The number of cyclic esters (lactones) is 1. The van der Waals surface area contributed by atoms with Crippen LogP contribution < -0.4 is 0 Å². The largest absolute Gasteiger partial charge is 0.462 e. The molecule has 5 aliphatic rings. The normalized spacial score (nSPS) is 56.0. The third kappa shape index (κ3) is 2.28. The quantitative estimate of drug-likeness (QED) is 0.529. The molecule has 5 fully saturated rings. The highest BCUT2D eigenvalue weighted by Crippen LogP contribution is 2.70. The minimum Gasteiger partial charge on any atom is -0.462 e. The van der Waals surface area contributed by atoms with Crippen LogP contribution in [0.2, 0.25) is 0 Å². The first kappa shape index (κ1) is 19.1. The third-order valence-corrected chi connectivity index (χ3v) is 10.5. The molecule has 0 aromatic rings. The Hall–Kier alpha value is -0.870. The van der Waals surface area contributed by atoms with Gasteiger partial charge in [0.1, 0.15) is 0 Å². The molecule has 1 aliphatic heterocycles. The van der Waals surface area contributed by atoms with E-state index in [1.54, 1.807) is 0 Å². The number of rotatable bonds is 1. The number of esters is 1. The molecule has 4 heteroatoms. The Kier molecular flexibility index (Phi) is 4.15. The first-order valence-electron chi connectivity index (χ1n) is 11.5. The minimum absolute atomic E-state index is 0.0693. The van der Waals surface area contributed by atoms with Crippen molar-refractivity contribution in [2.24, 2.45) is 40.4 Å². The predicted molar refractivity (Wildman–Crippen MR) is 106 cm³/mol. The number of carbonyl (C=O) groups excluding carboxylic acids is 1. The molecular formula is C24H36O4. The Morgan fingerprint density at radius 1 is 1.00 bits per heavy atom. The van der Waals surface area contributed by atoms with Crippen LogP contribution in [0, 0.1) is 40.4 Å². The van der Waals surface area contributed by atoms with E-state index < -0.39 is 5.60 Å². The molecule has 4 nitrogen and oxygen atoms in total. The van der Waals surface area contributed by atoms with Gasteiger partial charge in [0.2, 0.25) is 0 Å². The van der Waals surface area contributed by atoms with Gasteiger partial charge in [0.25, 0.3) is 0 Å². The summed E-state index contributed by atoms with van der Waals surface area (Å²) in [4.78, 5) is 11.9. The van der Waals surface area contributed by atoms with Crippen molar-refractivity contribution in [1.82, 2.24) is 0 Å². The Labute approximate surface area is 168 Å². The van der Waals surface area contributed by atoms with Gasteiger partial charge in [-0.25, -0.2) is 4.79 Å². The molecule has 0 aromatic carbocycles. The zero-order valence-electron chi connectivity index (χ0n) is 17.5. The minimum atomic E-state index is -0.642. The number of carbonyl (C=O) groups is 1. The highest BCUT2D eigenvalue weighted by Gasteiger charge is 2.68. The van der Waals surface area contributed by atoms with Crippen molar-refractivity contribution < 1.29 is 19.7 Å². The van der Waals surface area contributed by atoms with Crippen molar-refractivity contribution in [2.45, 2.75) is 83.3 Å². The average molecular weight is 389 g/mol. The summed E-state index contributed by atoms with van der Waals surface area (Å²) in [5, 5.41) is 22.4. The SMILES string of the molecule is C=C1C(=O)OCC1[C@H]1CCC2(O)[C@@H]3CC[C@@H]4C[C@@H](O)CC[C@]4(C)[C@H]3CC[C@]12C. The number of fused-ring (bicyclic) bond motifs is 5. The zero-order chi connectivity index (χ0) is 19.9. The van der Waals surface area contributed by atoms with Crippen molar-refractivity contribution in [3.8, 4) is 0 Å². The number of hydrogen-bond donors (Lipinski definition) is 2. The molecule has 0 bridgehead atoms. The van der Waals surface area contributed by atoms with Gasteiger partial charge in [-0.15, -0.1) is 0 Å². The van der Waals surface area contributed by atoms with E-state index in [2.05, 4.69) is 20.4 Å². The summed E-state index contributed by atoms with van der Waals surface area (Å²) < 4.78 is 5.31. The van der Waals surface area contributed by atoms with E-state index in [0.717, 1.165) is 57.8 Å². The molecule has 9 atom stereocenters. The van der Waals surface area contributed by atoms with E-state index >= 15 is 0 Å². The molecule has 1 saturated heterocycles. The Morgan fingerprint density at radius 2 is 1.75 bits per heavy atom. The maximum absolute atomic E-state index is 12.2. The fourth-order valence-electron chi connectivity index (χ4n) is 8.76. The first-order chi connectivity index (χ1) is 13.2. The average Bonchev–Trinajstić information content (AvgIpc) is 3.12. The number of ether oxygens (including phenoxy) is 1. The van der Waals surface area contributed by atoms with Gasteiger partial charge >= 0.3 is 5.97 Å². The van der Waals surface area contributed by atoms with E-state index in [0.29, 0.717) is 29.9 Å². The zero-order valence-corrected chi connectivity index (χ0v) is 17.5. The number of aliphatic hydroxyl groups excluding tert-OH is 1. The second-order valence-corrected chi connectivity index (χ2v) is 11.2. The van der Waals surface area contributed by atoms with Crippen LogP contribution in [0.4, 0.5) is 0 Å². The number of aliphatic hydroxyl groups is 2. The molecule has 0 spiro atoms. The molecule has 0 aromatic heterocycles. The lowest BCUT2D eigenvalue weighted by Gasteiger charge is -2.63. The summed E-state index contributed by atoms with van der Waals surface area (Å²) in [7, 11) is 0. The van der Waals surface area contributed by atoms with Crippen molar-refractivity contribution in [3.05, 3.63) is 12.2 Å². The molecule has 156 valence electrons. The fraction of sp³-hybridized carbons (Fsp3) is 0.875. The van der Waals surface area contributed by atoms with Crippen LogP contribution in [0.25, 0.3) is 0 Å². The van der Waals surface area contributed by atoms with Crippen LogP contribution in [-0.2, 0) is 9.53 Å². The maximum Gasteiger partial charge on any atom is 0.333 e. The second-order valence-electron chi connectivity index (χ2n) is 11.2. The van der Waals surface area contributed by atoms with Crippen molar-refractivity contribution in [2.75, 3.05) is 6.61 Å². The highest BCUT2D eigenvalue weighted by molar-refractivity contribution is 5.90. The topological polar surface area (TPSA) is 66.8 Å². The first-order valence-corrected chi connectivity index (χ1v) is 11.5. The summed E-state index contributed by atoms with van der Waals surface area (Å²) in [5.74, 6) is 1.62. The smallest absolute Gasteiger partial charge is 0.333 e. The molecule has 5 rings (SSSR count). The molecule has 2 unspecified atom stereocenters. The van der Waals surface area contributed by atoms with Crippen molar-refractivity contribution in [3.63, 3.8) is 0 Å². The monoisotopic (exact) mass is 388 g/mol. The van der Waals surface area contributed by atoms with Gasteiger partial charge in [0.05, 0.1) is 18.3 Å². The van der Waals surface area contributed by atoms with Gasteiger partial charge in [-0.05, 0) is 86.9 Å². The van der Waals surface area contributed by atoms with Crippen LogP contribution in [0.1, 0.15) is 71.6 Å². The molecule has 2 N–H and O–H groups in total. The molecule has 28 heavy (non-hydrogen) atoms. The van der Waals surface area contributed by atoms with E-state index in [1.165, 1.54) is 0 Å². The highest BCUT2D eigenvalue weighted by atomic mass is 16.5. The summed E-state index contributed by atoms with van der Waals surface area (Å²) in [6, 6.07) is 0. The van der Waals surface area contributed by atoms with E-state index in [4.69, 9.17) is 4.74 Å². The molecule has 1 heterocycles. The molecule has 0 amide bonds. The van der Waals surface area contributed by atoms with Crippen LogP contribution >= 0.6 is 0 Å². The van der Waals surface area contributed by atoms with Crippen molar-refractivity contribution in [1.29, 1.82) is 0 Å². The third-order valence-electron chi connectivity index (χ3n) is 10.5. The molecule has 0 radical (unpaired) electrons. The Bertz CT molecular complexity index is 703. The van der Waals surface area contributed by atoms with Gasteiger partial charge < -0.3 is 14.9 Å². The van der Waals surface area contributed by atoms with Crippen LogP contribution in [0.3, 0.4) is 0 Å². The summed E-state index contributed by atoms with van der Waals surface area (Å²) in [5.41, 5.74) is 0.0753. The van der Waals surface area contributed by atoms with Gasteiger partial charge in [0.15, 0.2) is 0 Å². The molecule has 4 saturated carbocycles. The predicted octanol–water partition coefficient (Wildman–Crippen LogP) is 3.85. The van der Waals surface area contributed by atoms with Gasteiger partial charge in [-0.3, -0.25) is 0 Å². The van der Waals surface area contributed by atoms with Crippen LogP contribution in [0.15, 0.2) is 12.2 Å². The lowest BCUT2D eigenvalue weighted by molar-refractivity contribution is -0.212. The Morgan fingerprint density at radius 3 is 2.46 bits per heavy atom. The summed E-state index contributed by atoms with van der Waals surface area (Å²) in [6.45, 7) is 9.21. The number of hydrogen-bond acceptors (Lipinski definition) is 4. The lowest BCUT2D eigenvalue weighted by Crippen LogP contribution is -2.62. The molecule has 4 aliphatic carbocycles.